The maximum absolute atomic E-state index is 9.98. The Morgan fingerprint density at radius 1 is 0.833 bits per heavy atom. The van der Waals surface area contributed by atoms with Crippen molar-refractivity contribution in [3.63, 3.8) is 0 Å². The first kappa shape index (κ1) is 12.4. The molecule has 0 fully saturated rings. The molecule has 0 atom stereocenters. The lowest BCUT2D eigenvalue weighted by molar-refractivity contribution is 0.294. The number of rotatable bonds is 4. The van der Waals surface area contributed by atoms with Gasteiger partial charge in [0, 0.05) is 10.8 Å². The lowest BCUT2D eigenvalue weighted by atomic mass is 10.1. The number of fused-ring (bicyclic) bond motifs is 1. The molecule has 2 N–H and O–H groups in total. The SMILES string of the molecule is CCOc1c(O)c(O)c(OCC)c2ccccc12. The Kier molecular flexibility index (Phi) is 3.46. The van der Waals surface area contributed by atoms with Gasteiger partial charge in [-0.05, 0) is 13.8 Å². The molecule has 96 valence electrons. The molecule has 2 aromatic carbocycles. The van der Waals surface area contributed by atoms with E-state index >= 15 is 0 Å². The number of hydrogen-bond donors (Lipinski definition) is 2. The fraction of sp³-hybridized carbons (Fsp3) is 0.286. The van der Waals surface area contributed by atoms with Crippen molar-refractivity contribution in [1.29, 1.82) is 0 Å². The monoisotopic (exact) mass is 248 g/mol. The van der Waals surface area contributed by atoms with E-state index in [2.05, 4.69) is 0 Å². The first-order valence-electron chi connectivity index (χ1n) is 5.92. The second kappa shape index (κ2) is 5.04. The van der Waals surface area contributed by atoms with E-state index in [-0.39, 0.29) is 23.0 Å². The summed E-state index contributed by atoms with van der Waals surface area (Å²) < 4.78 is 10.8. The van der Waals surface area contributed by atoms with Crippen LogP contribution in [0.15, 0.2) is 24.3 Å². The van der Waals surface area contributed by atoms with Crippen LogP contribution in [-0.4, -0.2) is 23.4 Å². The fourth-order valence-electron chi connectivity index (χ4n) is 1.93. The molecule has 0 heterocycles. The van der Waals surface area contributed by atoms with Crippen LogP contribution in [0.25, 0.3) is 10.8 Å². The third kappa shape index (κ3) is 1.90. The van der Waals surface area contributed by atoms with Gasteiger partial charge in [0.1, 0.15) is 0 Å². The summed E-state index contributed by atoms with van der Waals surface area (Å²) in [7, 11) is 0. The predicted octanol–water partition coefficient (Wildman–Crippen LogP) is 3.05. The summed E-state index contributed by atoms with van der Waals surface area (Å²) in [5.41, 5.74) is 0. The van der Waals surface area contributed by atoms with Gasteiger partial charge in [0.25, 0.3) is 0 Å². The van der Waals surface area contributed by atoms with Crippen molar-refractivity contribution >= 4 is 10.8 Å². The summed E-state index contributed by atoms with van der Waals surface area (Å²) in [6.45, 7) is 4.46. The standard InChI is InChI=1S/C14H16O4/c1-3-17-13-9-7-5-6-8-10(9)14(18-4-2)12(16)11(13)15/h5-8,15-16H,3-4H2,1-2H3. The molecule has 0 aliphatic heterocycles. The summed E-state index contributed by atoms with van der Waals surface area (Å²) in [6.07, 6.45) is 0. The summed E-state index contributed by atoms with van der Waals surface area (Å²) in [5.74, 6) is 0.0149. The zero-order valence-electron chi connectivity index (χ0n) is 10.4. The highest BCUT2D eigenvalue weighted by molar-refractivity contribution is 5.98. The molecule has 0 bridgehead atoms. The van der Waals surface area contributed by atoms with Crippen molar-refractivity contribution in [3.8, 4) is 23.0 Å². The van der Waals surface area contributed by atoms with Gasteiger partial charge in [-0.3, -0.25) is 0 Å². The minimum Gasteiger partial charge on any atom is -0.502 e. The van der Waals surface area contributed by atoms with Crippen LogP contribution in [0.1, 0.15) is 13.8 Å². The van der Waals surface area contributed by atoms with E-state index in [0.29, 0.717) is 13.2 Å². The first-order valence-corrected chi connectivity index (χ1v) is 5.92. The molecular weight excluding hydrogens is 232 g/mol. The molecule has 0 unspecified atom stereocenters. The van der Waals surface area contributed by atoms with Crippen LogP contribution in [0.2, 0.25) is 0 Å². The van der Waals surface area contributed by atoms with E-state index in [4.69, 9.17) is 9.47 Å². The highest BCUT2D eigenvalue weighted by Gasteiger charge is 2.20. The maximum Gasteiger partial charge on any atom is 0.205 e. The molecule has 0 aromatic heterocycles. The Morgan fingerprint density at radius 2 is 1.22 bits per heavy atom. The smallest absolute Gasteiger partial charge is 0.205 e. The van der Waals surface area contributed by atoms with E-state index in [1.54, 1.807) is 0 Å². The van der Waals surface area contributed by atoms with Crippen LogP contribution >= 0.6 is 0 Å². The second-order valence-electron chi connectivity index (χ2n) is 3.77. The van der Waals surface area contributed by atoms with Crippen molar-refractivity contribution in [3.05, 3.63) is 24.3 Å². The summed E-state index contributed by atoms with van der Waals surface area (Å²) in [4.78, 5) is 0. The molecule has 0 saturated carbocycles. The number of aromatic hydroxyl groups is 2. The Bertz CT molecular complexity index is 513. The third-order valence-corrected chi connectivity index (χ3v) is 2.65. The van der Waals surface area contributed by atoms with Crippen LogP contribution in [0.3, 0.4) is 0 Å². The highest BCUT2D eigenvalue weighted by Crippen LogP contribution is 2.49. The van der Waals surface area contributed by atoms with Crippen LogP contribution in [0.4, 0.5) is 0 Å². The van der Waals surface area contributed by atoms with E-state index in [1.807, 2.05) is 38.1 Å². The van der Waals surface area contributed by atoms with E-state index in [9.17, 15) is 10.2 Å². The van der Waals surface area contributed by atoms with Gasteiger partial charge < -0.3 is 19.7 Å². The van der Waals surface area contributed by atoms with Gasteiger partial charge in [0.05, 0.1) is 13.2 Å². The Labute approximate surface area is 105 Å². The molecule has 2 rings (SSSR count). The quantitative estimate of drug-likeness (QED) is 0.816. The highest BCUT2D eigenvalue weighted by atomic mass is 16.5. The van der Waals surface area contributed by atoms with Crippen LogP contribution in [-0.2, 0) is 0 Å². The van der Waals surface area contributed by atoms with Crippen LogP contribution < -0.4 is 9.47 Å². The number of phenolic OH excluding ortho intramolecular Hbond substituents is 2. The zero-order chi connectivity index (χ0) is 13.1. The van der Waals surface area contributed by atoms with Gasteiger partial charge in [0.2, 0.25) is 11.5 Å². The van der Waals surface area contributed by atoms with Crippen molar-refractivity contribution in [2.75, 3.05) is 13.2 Å². The van der Waals surface area contributed by atoms with Crippen LogP contribution in [0, 0.1) is 0 Å². The molecule has 18 heavy (non-hydrogen) atoms. The van der Waals surface area contributed by atoms with Crippen molar-refractivity contribution in [1.82, 2.24) is 0 Å². The summed E-state index contributed by atoms with van der Waals surface area (Å²) in [6, 6.07) is 7.33. The molecule has 4 nitrogen and oxygen atoms in total. The molecule has 4 heteroatoms. The van der Waals surface area contributed by atoms with Gasteiger partial charge in [-0.15, -0.1) is 0 Å². The zero-order valence-corrected chi connectivity index (χ0v) is 10.4. The molecular formula is C14H16O4. The summed E-state index contributed by atoms with van der Waals surface area (Å²) in [5, 5.41) is 21.4. The molecule has 2 aromatic rings. The average molecular weight is 248 g/mol. The topological polar surface area (TPSA) is 58.9 Å². The fourth-order valence-corrected chi connectivity index (χ4v) is 1.93. The largest absolute Gasteiger partial charge is 0.502 e. The van der Waals surface area contributed by atoms with Gasteiger partial charge >= 0.3 is 0 Å². The maximum atomic E-state index is 9.98. The molecule has 0 saturated heterocycles. The number of ether oxygens (including phenoxy) is 2. The number of hydrogen-bond acceptors (Lipinski definition) is 4. The molecule has 0 amide bonds. The Morgan fingerprint density at radius 3 is 1.56 bits per heavy atom. The third-order valence-electron chi connectivity index (χ3n) is 2.65. The Balaban J connectivity index is 2.79. The predicted molar refractivity (Wildman–Crippen MR) is 69.6 cm³/mol. The minimum atomic E-state index is -0.279. The van der Waals surface area contributed by atoms with Crippen LogP contribution in [0.5, 0.6) is 23.0 Å². The van der Waals surface area contributed by atoms with Gasteiger partial charge in [-0.1, -0.05) is 24.3 Å². The van der Waals surface area contributed by atoms with Gasteiger partial charge in [-0.25, -0.2) is 0 Å². The molecule has 0 radical (unpaired) electrons. The van der Waals surface area contributed by atoms with Gasteiger partial charge in [0.15, 0.2) is 11.5 Å². The van der Waals surface area contributed by atoms with E-state index in [1.165, 1.54) is 0 Å². The second-order valence-corrected chi connectivity index (χ2v) is 3.77. The lowest BCUT2D eigenvalue weighted by Gasteiger charge is -2.15. The van der Waals surface area contributed by atoms with Gasteiger partial charge in [-0.2, -0.15) is 0 Å². The number of phenols is 2. The lowest BCUT2D eigenvalue weighted by Crippen LogP contribution is -1.97. The van der Waals surface area contributed by atoms with E-state index in [0.717, 1.165) is 10.8 Å². The normalized spacial score (nSPS) is 10.6. The molecule has 0 aliphatic rings. The van der Waals surface area contributed by atoms with Crippen molar-refractivity contribution in [2.45, 2.75) is 13.8 Å². The van der Waals surface area contributed by atoms with Crippen molar-refractivity contribution < 1.29 is 19.7 Å². The molecule has 0 aliphatic carbocycles. The molecule has 0 spiro atoms. The summed E-state index contributed by atoms with van der Waals surface area (Å²) >= 11 is 0. The first-order chi connectivity index (χ1) is 8.70. The Hall–Kier alpha value is -2.10. The number of benzene rings is 2. The minimum absolute atomic E-state index is 0.279. The van der Waals surface area contributed by atoms with Crippen molar-refractivity contribution in [2.24, 2.45) is 0 Å². The van der Waals surface area contributed by atoms with E-state index < -0.39 is 0 Å². The average Bonchev–Trinajstić information content (AvgIpc) is 2.40.